The number of aliphatic carboxylic acids is 1. The lowest BCUT2D eigenvalue weighted by Crippen LogP contribution is -2.55. The number of ether oxygens (including phenoxy) is 1. The number of urea groups is 1. The SMILES string of the molecule is CC(C)COc1ccccc1NC(=O)NC1CC(N(CC(=O)O)CC2CC2)C1. The van der Waals surface area contributed by atoms with Crippen LogP contribution in [0.1, 0.15) is 39.5 Å². The Balaban J connectivity index is 1.45. The van der Waals surface area contributed by atoms with Gasteiger partial charge in [-0.15, -0.1) is 0 Å². The van der Waals surface area contributed by atoms with Crippen LogP contribution in [0.4, 0.5) is 10.5 Å². The number of hydrogen-bond acceptors (Lipinski definition) is 4. The van der Waals surface area contributed by atoms with Crippen LogP contribution < -0.4 is 15.4 Å². The van der Waals surface area contributed by atoms with Crippen molar-refractivity contribution in [3.05, 3.63) is 24.3 Å². The van der Waals surface area contributed by atoms with E-state index in [9.17, 15) is 9.59 Å². The number of carbonyl (C=O) groups is 2. The maximum atomic E-state index is 12.4. The molecule has 3 N–H and O–H groups in total. The van der Waals surface area contributed by atoms with Gasteiger partial charge in [-0.05, 0) is 49.7 Å². The average Bonchev–Trinajstić information content (AvgIpc) is 3.40. The number of carbonyl (C=O) groups excluding carboxylic acids is 1. The minimum absolute atomic E-state index is 0.0734. The van der Waals surface area contributed by atoms with Crippen LogP contribution in [0, 0.1) is 11.8 Å². The van der Waals surface area contributed by atoms with E-state index in [2.05, 4.69) is 29.4 Å². The molecule has 1 aromatic rings. The molecule has 0 heterocycles. The summed E-state index contributed by atoms with van der Waals surface area (Å²) < 4.78 is 5.77. The molecule has 0 saturated heterocycles. The molecule has 0 aliphatic heterocycles. The lowest BCUT2D eigenvalue weighted by atomic mass is 9.85. The highest BCUT2D eigenvalue weighted by atomic mass is 16.5. The summed E-state index contributed by atoms with van der Waals surface area (Å²) in [7, 11) is 0. The largest absolute Gasteiger partial charge is 0.491 e. The fourth-order valence-electron chi connectivity index (χ4n) is 3.45. The minimum atomic E-state index is -0.784. The van der Waals surface area contributed by atoms with Gasteiger partial charge in [0.05, 0.1) is 18.8 Å². The van der Waals surface area contributed by atoms with Crippen molar-refractivity contribution in [2.45, 2.75) is 51.6 Å². The second-order valence-corrected chi connectivity index (χ2v) is 8.39. The summed E-state index contributed by atoms with van der Waals surface area (Å²) in [6.07, 6.45) is 3.98. The van der Waals surface area contributed by atoms with E-state index in [0.29, 0.717) is 29.9 Å². The molecule has 2 aliphatic carbocycles. The van der Waals surface area contributed by atoms with Gasteiger partial charge in [-0.2, -0.15) is 0 Å². The second kappa shape index (κ2) is 9.28. The van der Waals surface area contributed by atoms with E-state index in [1.54, 1.807) is 0 Å². The summed E-state index contributed by atoms with van der Waals surface area (Å²) in [5.74, 6) is 0.929. The lowest BCUT2D eigenvalue weighted by Gasteiger charge is -2.42. The molecule has 2 saturated carbocycles. The molecule has 3 rings (SSSR count). The Morgan fingerprint density at radius 2 is 1.96 bits per heavy atom. The van der Waals surface area contributed by atoms with Crippen molar-refractivity contribution in [3.8, 4) is 5.75 Å². The Labute approximate surface area is 166 Å². The number of rotatable bonds is 10. The second-order valence-electron chi connectivity index (χ2n) is 8.39. The van der Waals surface area contributed by atoms with Crippen molar-refractivity contribution in [2.24, 2.45) is 11.8 Å². The third-order valence-electron chi connectivity index (χ3n) is 5.20. The van der Waals surface area contributed by atoms with E-state index in [1.165, 1.54) is 12.8 Å². The summed E-state index contributed by atoms with van der Waals surface area (Å²) in [5, 5.41) is 15.0. The van der Waals surface area contributed by atoms with Gasteiger partial charge in [0, 0.05) is 18.6 Å². The molecule has 0 unspecified atom stereocenters. The van der Waals surface area contributed by atoms with Crippen LogP contribution in [0.5, 0.6) is 5.75 Å². The van der Waals surface area contributed by atoms with Crippen LogP contribution in [0.15, 0.2) is 24.3 Å². The highest BCUT2D eigenvalue weighted by Gasteiger charge is 2.37. The molecule has 0 aromatic heterocycles. The quantitative estimate of drug-likeness (QED) is 0.572. The highest BCUT2D eigenvalue weighted by molar-refractivity contribution is 5.91. The number of nitrogens with one attached hydrogen (secondary N) is 2. The first-order chi connectivity index (χ1) is 13.4. The molecule has 2 fully saturated rings. The molecule has 0 spiro atoms. The van der Waals surface area contributed by atoms with Crippen LogP contribution in [0.25, 0.3) is 0 Å². The zero-order chi connectivity index (χ0) is 20.1. The first kappa shape index (κ1) is 20.5. The van der Waals surface area contributed by atoms with Gasteiger partial charge in [-0.25, -0.2) is 4.79 Å². The zero-order valence-electron chi connectivity index (χ0n) is 16.7. The Morgan fingerprint density at radius 3 is 2.61 bits per heavy atom. The molecular formula is C21H31N3O4. The van der Waals surface area contributed by atoms with Crippen LogP contribution >= 0.6 is 0 Å². The third-order valence-corrected chi connectivity index (χ3v) is 5.20. The van der Waals surface area contributed by atoms with Gasteiger partial charge in [0.1, 0.15) is 5.75 Å². The number of hydrogen-bond donors (Lipinski definition) is 3. The van der Waals surface area contributed by atoms with Gasteiger partial charge in [-0.3, -0.25) is 9.69 Å². The van der Waals surface area contributed by atoms with Crippen molar-refractivity contribution in [1.82, 2.24) is 10.2 Å². The number of carboxylic acids is 1. The molecule has 1 aromatic carbocycles. The van der Waals surface area contributed by atoms with Crippen LogP contribution in [-0.4, -0.2) is 53.8 Å². The maximum Gasteiger partial charge on any atom is 0.319 e. The Morgan fingerprint density at radius 1 is 1.25 bits per heavy atom. The predicted octanol–water partition coefficient (Wildman–Crippen LogP) is 3.17. The van der Waals surface area contributed by atoms with Crippen molar-refractivity contribution in [1.29, 1.82) is 0 Å². The molecule has 0 radical (unpaired) electrons. The number of para-hydroxylation sites is 2. The first-order valence-corrected chi connectivity index (χ1v) is 10.2. The molecule has 7 heteroatoms. The Kier molecular flexibility index (Phi) is 6.78. The average molecular weight is 389 g/mol. The molecule has 28 heavy (non-hydrogen) atoms. The van der Waals surface area contributed by atoms with E-state index >= 15 is 0 Å². The number of carboxylic acid groups (broad SMARTS) is 1. The van der Waals surface area contributed by atoms with Crippen LogP contribution in [-0.2, 0) is 4.79 Å². The smallest absolute Gasteiger partial charge is 0.319 e. The molecule has 2 amide bonds. The number of amides is 2. The summed E-state index contributed by atoms with van der Waals surface area (Å²) in [6, 6.07) is 7.47. The summed E-state index contributed by atoms with van der Waals surface area (Å²) in [5.41, 5.74) is 0.651. The maximum absolute atomic E-state index is 12.4. The Hall–Kier alpha value is -2.28. The summed E-state index contributed by atoms with van der Waals surface area (Å²) in [6.45, 7) is 5.68. The number of nitrogens with zero attached hydrogens (tertiary/aromatic N) is 1. The third kappa shape index (κ3) is 6.12. The summed E-state index contributed by atoms with van der Waals surface area (Å²) in [4.78, 5) is 25.5. The molecule has 154 valence electrons. The number of anilines is 1. The highest BCUT2D eigenvalue weighted by Crippen LogP contribution is 2.34. The van der Waals surface area contributed by atoms with E-state index in [4.69, 9.17) is 9.84 Å². The molecule has 7 nitrogen and oxygen atoms in total. The molecular weight excluding hydrogens is 358 g/mol. The van der Waals surface area contributed by atoms with Crippen molar-refractivity contribution < 1.29 is 19.4 Å². The van der Waals surface area contributed by atoms with Crippen molar-refractivity contribution in [2.75, 3.05) is 25.0 Å². The topological polar surface area (TPSA) is 90.9 Å². The molecule has 2 aliphatic rings. The van der Waals surface area contributed by atoms with Crippen LogP contribution in [0.3, 0.4) is 0 Å². The van der Waals surface area contributed by atoms with Gasteiger partial charge >= 0.3 is 12.0 Å². The van der Waals surface area contributed by atoms with Crippen LogP contribution in [0.2, 0.25) is 0 Å². The predicted molar refractivity (Wildman–Crippen MR) is 108 cm³/mol. The van der Waals surface area contributed by atoms with E-state index in [1.807, 2.05) is 24.3 Å². The van der Waals surface area contributed by atoms with E-state index in [0.717, 1.165) is 19.4 Å². The van der Waals surface area contributed by atoms with E-state index < -0.39 is 5.97 Å². The first-order valence-electron chi connectivity index (χ1n) is 10.2. The molecule has 0 bridgehead atoms. The number of benzene rings is 1. The van der Waals surface area contributed by atoms with E-state index in [-0.39, 0.29) is 24.7 Å². The van der Waals surface area contributed by atoms with Gasteiger partial charge in [0.15, 0.2) is 0 Å². The lowest BCUT2D eigenvalue weighted by molar-refractivity contribution is -0.139. The van der Waals surface area contributed by atoms with Crippen molar-refractivity contribution >= 4 is 17.7 Å². The van der Waals surface area contributed by atoms with Gasteiger partial charge in [-0.1, -0.05) is 26.0 Å². The summed E-state index contributed by atoms with van der Waals surface area (Å²) >= 11 is 0. The van der Waals surface area contributed by atoms with Crippen molar-refractivity contribution in [3.63, 3.8) is 0 Å². The normalized spacial score (nSPS) is 21.3. The fourth-order valence-corrected chi connectivity index (χ4v) is 3.45. The van der Waals surface area contributed by atoms with Gasteiger partial charge in [0.25, 0.3) is 0 Å². The van der Waals surface area contributed by atoms with Gasteiger partial charge < -0.3 is 20.5 Å². The van der Waals surface area contributed by atoms with Gasteiger partial charge in [0.2, 0.25) is 0 Å². The molecule has 0 atom stereocenters. The minimum Gasteiger partial charge on any atom is -0.491 e. The fraction of sp³-hybridized carbons (Fsp3) is 0.619. The standard InChI is InChI=1S/C21H31N3O4/c1-14(2)13-28-19-6-4-3-5-18(19)23-21(27)22-16-9-17(10-16)24(12-20(25)26)11-15-7-8-15/h3-6,14-17H,7-13H2,1-2H3,(H,25,26)(H2,22,23,27). The Bertz CT molecular complexity index is 684. The monoisotopic (exact) mass is 389 g/mol. The zero-order valence-corrected chi connectivity index (χ0v) is 16.7.